The van der Waals surface area contributed by atoms with Gasteiger partial charge in [-0.15, -0.1) is 0 Å². The van der Waals surface area contributed by atoms with E-state index in [2.05, 4.69) is 10.6 Å². The van der Waals surface area contributed by atoms with E-state index < -0.39 is 32.1 Å². The van der Waals surface area contributed by atoms with E-state index in [9.17, 15) is 31.2 Å². The van der Waals surface area contributed by atoms with Gasteiger partial charge < -0.3 is 10.6 Å². The number of halogens is 1. The van der Waals surface area contributed by atoms with Gasteiger partial charge in [0.15, 0.2) is 5.78 Å². The summed E-state index contributed by atoms with van der Waals surface area (Å²) >= 11 is 5.64. The lowest BCUT2D eigenvalue weighted by Gasteiger charge is -2.22. The minimum Gasteiger partial charge on any atom is -0.337 e. The van der Waals surface area contributed by atoms with Crippen molar-refractivity contribution in [2.24, 2.45) is 0 Å². The SMILES string of the molecule is CC(=O)c1ccc(S(=O)(=O)NC(=O)NC2CCCCC2)cc1.CCCNC(=O)NS(=O)(=O)c1ccc(Cl)cc1. The topological polar surface area (TPSA) is 168 Å². The Morgan fingerprint density at radius 3 is 1.77 bits per heavy atom. The van der Waals surface area contributed by atoms with Gasteiger partial charge in [-0.1, -0.05) is 49.9 Å². The number of Topliss-reactive ketones (excluding diaryl/α,β-unsaturated/α-hetero) is 1. The van der Waals surface area contributed by atoms with Crippen LogP contribution in [0.4, 0.5) is 9.59 Å². The molecule has 2 aromatic rings. The molecular formula is C25H33ClN4O7S2. The molecule has 0 bridgehead atoms. The first kappa shape index (κ1) is 32.1. The van der Waals surface area contributed by atoms with E-state index in [1.54, 1.807) is 0 Å². The number of nitrogens with one attached hydrogen (secondary N) is 4. The van der Waals surface area contributed by atoms with E-state index in [4.69, 9.17) is 11.6 Å². The minimum atomic E-state index is -3.93. The highest BCUT2D eigenvalue weighted by molar-refractivity contribution is 7.90. The predicted molar refractivity (Wildman–Crippen MR) is 148 cm³/mol. The van der Waals surface area contributed by atoms with Crippen molar-refractivity contribution < 1.29 is 31.2 Å². The summed E-state index contributed by atoms with van der Waals surface area (Å²) < 4.78 is 51.5. The summed E-state index contributed by atoms with van der Waals surface area (Å²) in [4.78, 5) is 34.2. The number of sulfonamides is 2. The molecule has 4 amide bonds. The summed E-state index contributed by atoms with van der Waals surface area (Å²) in [7, 11) is -7.75. The summed E-state index contributed by atoms with van der Waals surface area (Å²) in [6.07, 6.45) is 5.73. The lowest BCUT2D eigenvalue weighted by Crippen LogP contribution is -2.45. The van der Waals surface area contributed by atoms with Crippen LogP contribution in [0, 0.1) is 0 Å². The Labute approximate surface area is 234 Å². The summed E-state index contributed by atoms with van der Waals surface area (Å²) in [5.41, 5.74) is 0.422. The molecule has 11 nitrogen and oxygen atoms in total. The number of carbonyl (C=O) groups excluding carboxylic acids is 3. The Kier molecular flexibility index (Phi) is 12.2. The molecular weight excluding hydrogens is 568 g/mol. The van der Waals surface area contributed by atoms with Crippen molar-refractivity contribution in [3.63, 3.8) is 0 Å². The first-order chi connectivity index (χ1) is 18.3. The average Bonchev–Trinajstić information content (AvgIpc) is 2.88. The van der Waals surface area contributed by atoms with Crippen molar-refractivity contribution in [2.45, 2.75) is 68.2 Å². The molecule has 1 aliphatic carbocycles. The molecule has 3 rings (SSSR count). The quantitative estimate of drug-likeness (QED) is 0.333. The van der Waals surface area contributed by atoms with Crippen molar-refractivity contribution in [3.8, 4) is 0 Å². The Morgan fingerprint density at radius 1 is 0.795 bits per heavy atom. The van der Waals surface area contributed by atoms with E-state index in [1.807, 2.05) is 16.4 Å². The summed E-state index contributed by atoms with van der Waals surface area (Å²) in [5, 5.41) is 5.54. The van der Waals surface area contributed by atoms with Gasteiger partial charge in [0.2, 0.25) is 0 Å². The fourth-order valence-electron chi connectivity index (χ4n) is 3.58. The van der Waals surface area contributed by atoms with Crippen LogP contribution in [0.1, 0.15) is 62.7 Å². The van der Waals surface area contributed by atoms with E-state index >= 15 is 0 Å². The largest absolute Gasteiger partial charge is 0.337 e. The molecule has 2 aromatic carbocycles. The Balaban J connectivity index is 0.000000283. The van der Waals surface area contributed by atoms with Gasteiger partial charge >= 0.3 is 12.1 Å². The van der Waals surface area contributed by atoms with Crippen LogP contribution >= 0.6 is 11.6 Å². The maximum atomic E-state index is 12.1. The van der Waals surface area contributed by atoms with Crippen LogP contribution < -0.4 is 20.1 Å². The second-order valence-electron chi connectivity index (χ2n) is 8.81. The number of ketones is 1. The second-order valence-corrected chi connectivity index (χ2v) is 12.6. The zero-order valence-electron chi connectivity index (χ0n) is 21.7. The molecule has 0 aromatic heterocycles. The van der Waals surface area contributed by atoms with Gasteiger partial charge in [-0.25, -0.2) is 35.9 Å². The molecule has 0 unspecified atom stereocenters. The molecule has 14 heteroatoms. The first-order valence-corrected chi connectivity index (χ1v) is 15.7. The predicted octanol–water partition coefficient (Wildman–Crippen LogP) is 3.95. The highest BCUT2D eigenvalue weighted by Crippen LogP contribution is 2.17. The highest BCUT2D eigenvalue weighted by Gasteiger charge is 2.21. The Morgan fingerprint density at radius 2 is 1.28 bits per heavy atom. The van der Waals surface area contributed by atoms with Gasteiger partial charge in [-0.3, -0.25) is 4.79 Å². The maximum absolute atomic E-state index is 12.1. The molecule has 1 fully saturated rings. The molecule has 1 aliphatic rings. The van der Waals surface area contributed by atoms with Crippen LogP contribution in [0.25, 0.3) is 0 Å². The number of rotatable bonds is 8. The molecule has 0 aliphatic heterocycles. The summed E-state index contributed by atoms with van der Waals surface area (Å²) in [6, 6.07) is 9.62. The summed E-state index contributed by atoms with van der Waals surface area (Å²) in [5.74, 6) is -0.146. The van der Waals surface area contributed by atoms with E-state index in [1.165, 1.54) is 55.5 Å². The highest BCUT2D eigenvalue weighted by atomic mass is 35.5. The smallest absolute Gasteiger partial charge is 0.328 e. The second kappa shape index (κ2) is 14.8. The normalized spacial score (nSPS) is 13.8. The van der Waals surface area contributed by atoms with Crippen LogP contribution in [0.2, 0.25) is 5.02 Å². The standard InChI is InChI=1S/C15H20N2O4S.C10H13ClN2O3S/c1-11(18)12-7-9-14(10-8-12)22(20,21)17-15(19)16-13-5-3-2-4-6-13;1-2-7-12-10(14)13-17(15,16)9-5-3-8(11)4-6-9/h7-10,13H,2-6H2,1H3,(H2,16,17,19);3-6H,2,7H2,1H3,(H2,12,13,14). The molecule has 1 saturated carbocycles. The number of hydrogen-bond acceptors (Lipinski definition) is 7. The number of urea groups is 2. The third-order valence-corrected chi connectivity index (χ3v) is 8.57. The van der Waals surface area contributed by atoms with Gasteiger partial charge in [0, 0.05) is 23.2 Å². The lowest BCUT2D eigenvalue weighted by atomic mass is 9.96. The van der Waals surface area contributed by atoms with Gasteiger partial charge in [-0.05, 0) is 62.6 Å². The monoisotopic (exact) mass is 600 g/mol. The molecule has 0 radical (unpaired) electrons. The van der Waals surface area contributed by atoms with E-state index in [0.717, 1.165) is 38.5 Å². The summed E-state index contributed by atoms with van der Waals surface area (Å²) in [6.45, 7) is 3.69. The molecule has 0 saturated heterocycles. The van der Waals surface area contributed by atoms with Crippen molar-refractivity contribution in [3.05, 3.63) is 59.1 Å². The Bertz CT molecular complexity index is 1340. The Hall–Kier alpha value is -3.16. The van der Waals surface area contributed by atoms with Crippen molar-refractivity contribution >= 4 is 49.5 Å². The molecule has 39 heavy (non-hydrogen) atoms. The zero-order valence-corrected chi connectivity index (χ0v) is 24.1. The zero-order chi connectivity index (χ0) is 29.1. The maximum Gasteiger partial charge on any atom is 0.328 e. The molecule has 0 heterocycles. The van der Waals surface area contributed by atoms with Crippen LogP contribution in [-0.4, -0.2) is 47.3 Å². The van der Waals surface area contributed by atoms with Gasteiger partial charge in [0.25, 0.3) is 20.0 Å². The van der Waals surface area contributed by atoms with Crippen LogP contribution in [0.5, 0.6) is 0 Å². The molecule has 0 atom stereocenters. The third kappa shape index (κ3) is 10.9. The first-order valence-electron chi connectivity index (χ1n) is 12.3. The average molecular weight is 601 g/mol. The van der Waals surface area contributed by atoms with Crippen LogP contribution in [-0.2, 0) is 20.0 Å². The number of carbonyl (C=O) groups is 3. The fraction of sp³-hybridized carbons (Fsp3) is 0.400. The van der Waals surface area contributed by atoms with Crippen molar-refractivity contribution in [2.75, 3.05) is 6.54 Å². The number of benzene rings is 2. The molecule has 214 valence electrons. The van der Waals surface area contributed by atoms with E-state index in [-0.39, 0.29) is 21.6 Å². The minimum absolute atomic E-state index is 0.00597. The van der Waals surface area contributed by atoms with Crippen molar-refractivity contribution in [1.82, 2.24) is 20.1 Å². The lowest BCUT2D eigenvalue weighted by molar-refractivity contribution is 0.101. The number of amides is 4. The van der Waals surface area contributed by atoms with Gasteiger partial charge in [0.1, 0.15) is 0 Å². The fourth-order valence-corrected chi connectivity index (χ4v) is 5.55. The van der Waals surface area contributed by atoms with Crippen LogP contribution in [0.15, 0.2) is 58.3 Å². The third-order valence-electron chi connectivity index (χ3n) is 5.63. The van der Waals surface area contributed by atoms with E-state index in [0.29, 0.717) is 17.1 Å². The van der Waals surface area contributed by atoms with Gasteiger partial charge in [0.05, 0.1) is 9.79 Å². The van der Waals surface area contributed by atoms with Crippen LogP contribution in [0.3, 0.4) is 0 Å². The molecule has 4 N–H and O–H groups in total. The number of hydrogen-bond donors (Lipinski definition) is 4. The molecule has 0 spiro atoms. The van der Waals surface area contributed by atoms with Crippen molar-refractivity contribution in [1.29, 1.82) is 0 Å². The van der Waals surface area contributed by atoms with Gasteiger partial charge in [-0.2, -0.15) is 0 Å².